The third kappa shape index (κ3) is 7.31. The average Bonchev–Trinajstić information content (AvgIpc) is 2.82. The normalized spacial score (nSPS) is 11.2. The monoisotopic (exact) mass is 437 g/mol. The molecule has 2 amide bonds. The molecule has 7 heteroatoms. The number of carbonyl (C=O) groups is 2. The zero-order chi connectivity index (χ0) is 23.3. The van der Waals surface area contributed by atoms with E-state index in [1.807, 2.05) is 62.4 Å². The number of nitriles is 1. The van der Waals surface area contributed by atoms with Gasteiger partial charge in [-0.05, 0) is 43.2 Å². The molecule has 0 aliphatic heterocycles. The minimum absolute atomic E-state index is 0.0615. The van der Waals surface area contributed by atoms with Crippen LogP contribution in [0.3, 0.4) is 0 Å². The summed E-state index contributed by atoms with van der Waals surface area (Å²) in [6.07, 6.45) is 1.25. The Bertz CT molecular complexity index is 925. The molecule has 2 aromatic rings. The molecule has 7 nitrogen and oxygen atoms in total. The molecule has 0 bridgehead atoms. The number of nitrogens with one attached hydrogen (secondary N) is 1. The molecule has 0 fully saturated rings. The number of anilines is 1. The molecule has 0 aliphatic rings. The highest BCUT2D eigenvalue weighted by molar-refractivity contribution is 5.95. The average molecular weight is 438 g/mol. The second-order valence-corrected chi connectivity index (χ2v) is 7.34. The highest BCUT2D eigenvalue weighted by atomic mass is 16.5. The van der Waals surface area contributed by atoms with Crippen LogP contribution in [-0.2, 0) is 9.59 Å². The standard InChI is InChI=1S/C25H31N3O4/c1-4-17-32-22-12-11-20(18-23(22)31-3)19(2)27-24(29)13-14-25(30)28(16-8-15-26)21-9-6-5-7-10-21/h5-7,9-12,18-19H,4,8,13-14,16-17H2,1-3H3,(H,27,29). The summed E-state index contributed by atoms with van der Waals surface area (Å²) >= 11 is 0. The second kappa shape index (κ2) is 13.0. The minimum Gasteiger partial charge on any atom is -0.493 e. The summed E-state index contributed by atoms with van der Waals surface area (Å²) in [5, 5.41) is 11.8. The quantitative estimate of drug-likeness (QED) is 0.532. The van der Waals surface area contributed by atoms with E-state index in [-0.39, 0.29) is 37.1 Å². The van der Waals surface area contributed by atoms with Gasteiger partial charge >= 0.3 is 0 Å². The first kappa shape index (κ1) is 24.7. The zero-order valence-electron chi connectivity index (χ0n) is 19.0. The van der Waals surface area contributed by atoms with Crippen molar-refractivity contribution in [1.82, 2.24) is 5.32 Å². The summed E-state index contributed by atoms with van der Waals surface area (Å²) in [4.78, 5) is 26.8. The van der Waals surface area contributed by atoms with Crippen LogP contribution in [0.5, 0.6) is 11.5 Å². The Labute approximate surface area is 189 Å². The Hall–Kier alpha value is -3.53. The van der Waals surface area contributed by atoms with Gasteiger partial charge in [0.1, 0.15) is 0 Å². The number of hydrogen-bond donors (Lipinski definition) is 1. The Morgan fingerprint density at radius 3 is 2.53 bits per heavy atom. The Balaban J connectivity index is 1.95. The molecule has 1 atom stereocenters. The first-order valence-electron chi connectivity index (χ1n) is 10.8. The van der Waals surface area contributed by atoms with E-state index in [9.17, 15) is 9.59 Å². The number of nitrogens with zero attached hydrogens (tertiary/aromatic N) is 2. The zero-order valence-corrected chi connectivity index (χ0v) is 19.0. The third-order valence-corrected chi connectivity index (χ3v) is 4.91. The van der Waals surface area contributed by atoms with E-state index in [1.165, 1.54) is 0 Å². The van der Waals surface area contributed by atoms with Gasteiger partial charge in [0.05, 0.1) is 32.2 Å². The molecule has 32 heavy (non-hydrogen) atoms. The number of carbonyl (C=O) groups excluding carboxylic acids is 2. The van der Waals surface area contributed by atoms with Crippen molar-refractivity contribution < 1.29 is 19.1 Å². The maximum atomic E-state index is 12.7. The number of amides is 2. The van der Waals surface area contributed by atoms with E-state index in [4.69, 9.17) is 14.7 Å². The fourth-order valence-corrected chi connectivity index (χ4v) is 3.20. The molecule has 0 spiro atoms. The Morgan fingerprint density at radius 2 is 1.88 bits per heavy atom. The summed E-state index contributed by atoms with van der Waals surface area (Å²) in [5.41, 5.74) is 1.60. The first-order valence-corrected chi connectivity index (χ1v) is 10.8. The second-order valence-electron chi connectivity index (χ2n) is 7.34. The van der Waals surface area contributed by atoms with Crippen molar-refractivity contribution in [2.24, 2.45) is 0 Å². The molecule has 0 heterocycles. The van der Waals surface area contributed by atoms with Gasteiger partial charge in [0.2, 0.25) is 11.8 Å². The summed E-state index contributed by atoms with van der Waals surface area (Å²) in [7, 11) is 1.58. The van der Waals surface area contributed by atoms with Crippen LogP contribution in [0.15, 0.2) is 48.5 Å². The van der Waals surface area contributed by atoms with E-state index in [0.717, 1.165) is 17.7 Å². The minimum atomic E-state index is -0.254. The lowest BCUT2D eigenvalue weighted by Crippen LogP contribution is -2.33. The van der Waals surface area contributed by atoms with Gasteiger partial charge in [0.15, 0.2) is 11.5 Å². The van der Waals surface area contributed by atoms with Crippen LogP contribution < -0.4 is 19.7 Å². The number of methoxy groups -OCH3 is 1. The molecule has 1 N–H and O–H groups in total. The van der Waals surface area contributed by atoms with Crippen LogP contribution in [-0.4, -0.2) is 32.1 Å². The van der Waals surface area contributed by atoms with Crippen molar-refractivity contribution in [3.63, 3.8) is 0 Å². The number of rotatable bonds is 12. The molecule has 0 aliphatic carbocycles. The van der Waals surface area contributed by atoms with E-state index in [2.05, 4.69) is 11.4 Å². The van der Waals surface area contributed by atoms with Crippen molar-refractivity contribution in [2.45, 2.75) is 45.6 Å². The molecule has 1 unspecified atom stereocenters. The molecular formula is C25H31N3O4. The van der Waals surface area contributed by atoms with Crippen molar-refractivity contribution in [2.75, 3.05) is 25.2 Å². The maximum Gasteiger partial charge on any atom is 0.227 e. The van der Waals surface area contributed by atoms with Crippen LogP contribution in [0.2, 0.25) is 0 Å². The highest BCUT2D eigenvalue weighted by Gasteiger charge is 2.18. The predicted octanol–water partition coefficient (Wildman–Crippen LogP) is 4.39. The van der Waals surface area contributed by atoms with Crippen LogP contribution >= 0.6 is 0 Å². The summed E-state index contributed by atoms with van der Waals surface area (Å²) in [5.74, 6) is 0.876. The van der Waals surface area contributed by atoms with Gasteiger partial charge in [-0.1, -0.05) is 31.2 Å². The lowest BCUT2D eigenvalue weighted by atomic mass is 10.1. The maximum absolute atomic E-state index is 12.7. The fourth-order valence-electron chi connectivity index (χ4n) is 3.20. The number of ether oxygens (including phenoxy) is 2. The van der Waals surface area contributed by atoms with Crippen LogP contribution in [0, 0.1) is 11.3 Å². The van der Waals surface area contributed by atoms with Crippen LogP contribution in [0.1, 0.15) is 51.1 Å². The van der Waals surface area contributed by atoms with Crippen LogP contribution in [0.25, 0.3) is 0 Å². The number of hydrogen-bond acceptors (Lipinski definition) is 5. The fraction of sp³-hybridized carbons (Fsp3) is 0.400. The van der Waals surface area contributed by atoms with Gasteiger partial charge in [-0.15, -0.1) is 0 Å². The Kier molecular flexibility index (Phi) is 10.1. The van der Waals surface area contributed by atoms with E-state index < -0.39 is 0 Å². The lowest BCUT2D eigenvalue weighted by molar-refractivity contribution is -0.125. The molecular weight excluding hydrogens is 406 g/mol. The van der Waals surface area contributed by atoms with E-state index >= 15 is 0 Å². The lowest BCUT2D eigenvalue weighted by Gasteiger charge is -2.22. The van der Waals surface area contributed by atoms with E-state index in [1.54, 1.807) is 12.0 Å². The smallest absolute Gasteiger partial charge is 0.227 e. The topological polar surface area (TPSA) is 91.7 Å². The number of para-hydroxylation sites is 1. The largest absolute Gasteiger partial charge is 0.493 e. The van der Waals surface area contributed by atoms with Crippen LogP contribution in [0.4, 0.5) is 5.69 Å². The van der Waals surface area contributed by atoms with Gasteiger partial charge < -0.3 is 19.7 Å². The molecule has 170 valence electrons. The molecule has 2 aromatic carbocycles. The first-order chi connectivity index (χ1) is 15.5. The van der Waals surface area contributed by atoms with Gasteiger partial charge in [-0.3, -0.25) is 9.59 Å². The van der Waals surface area contributed by atoms with Gasteiger partial charge in [-0.25, -0.2) is 0 Å². The molecule has 0 saturated heterocycles. The van der Waals surface area contributed by atoms with Crippen molar-refractivity contribution in [3.8, 4) is 17.6 Å². The van der Waals surface area contributed by atoms with Gasteiger partial charge in [-0.2, -0.15) is 5.26 Å². The molecule has 2 rings (SSSR count). The molecule has 0 saturated carbocycles. The highest BCUT2D eigenvalue weighted by Crippen LogP contribution is 2.30. The van der Waals surface area contributed by atoms with Crippen molar-refractivity contribution in [3.05, 3.63) is 54.1 Å². The predicted molar refractivity (Wildman–Crippen MR) is 124 cm³/mol. The van der Waals surface area contributed by atoms with Gasteiger partial charge in [0, 0.05) is 25.1 Å². The number of benzene rings is 2. The van der Waals surface area contributed by atoms with Crippen molar-refractivity contribution >= 4 is 17.5 Å². The van der Waals surface area contributed by atoms with E-state index in [0.29, 0.717) is 24.7 Å². The third-order valence-electron chi connectivity index (χ3n) is 4.91. The summed E-state index contributed by atoms with van der Waals surface area (Å²) in [6, 6.07) is 16.6. The summed E-state index contributed by atoms with van der Waals surface area (Å²) in [6.45, 7) is 4.81. The molecule has 0 aromatic heterocycles. The SMILES string of the molecule is CCCOc1ccc(C(C)NC(=O)CCC(=O)N(CCC#N)c2ccccc2)cc1OC. The van der Waals surface area contributed by atoms with Gasteiger partial charge in [0.25, 0.3) is 0 Å². The summed E-state index contributed by atoms with van der Waals surface area (Å²) < 4.78 is 11.1. The van der Waals surface area contributed by atoms with Crippen molar-refractivity contribution in [1.29, 1.82) is 5.26 Å². The molecule has 0 radical (unpaired) electrons. The Morgan fingerprint density at radius 1 is 1.12 bits per heavy atom.